The molecule has 0 bridgehead atoms. The zero-order chi connectivity index (χ0) is 18.9. The van der Waals surface area contributed by atoms with Crippen molar-refractivity contribution in [2.75, 3.05) is 47.2 Å². The molecule has 1 unspecified atom stereocenters. The van der Waals surface area contributed by atoms with Gasteiger partial charge in [0.2, 0.25) is 0 Å². The molecule has 0 aliphatic heterocycles. The zero-order valence-electron chi connectivity index (χ0n) is 16.8. The summed E-state index contributed by atoms with van der Waals surface area (Å²) in [6.45, 7) is 0.880. The Bertz CT molecular complexity index is 583. The van der Waals surface area contributed by atoms with Gasteiger partial charge in [-0.1, -0.05) is 19.3 Å². The third-order valence-electron chi connectivity index (χ3n) is 5.21. The van der Waals surface area contributed by atoms with Crippen molar-refractivity contribution in [2.45, 2.75) is 38.1 Å². The molecule has 0 spiro atoms. The lowest BCUT2D eigenvalue weighted by Crippen LogP contribution is -2.46. The molecule has 1 atom stereocenters. The van der Waals surface area contributed by atoms with E-state index in [0.29, 0.717) is 17.5 Å². The summed E-state index contributed by atoms with van der Waals surface area (Å²) < 4.78 is 10.7. The number of benzene rings is 1. The minimum absolute atomic E-state index is 0.513. The summed E-state index contributed by atoms with van der Waals surface area (Å²) in [4.78, 5) is 6.70. The molecular formula is C20H34N4O2. The van der Waals surface area contributed by atoms with E-state index in [-0.39, 0.29) is 0 Å². The van der Waals surface area contributed by atoms with E-state index in [1.54, 1.807) is 21.3 Å². The Morgan fingerprint density at radius 1 is 1.15 bits per heavy atom. The minimum Gasteiger partial charge on any atom is -0.493 e. The maximum Gasteiger partial charge on any atom is 0.195 e. The highest BCUT2D eigenvalue weighted by Gasteiger charge is 2.25. The first-order valence-electron chi connectivity index (χ1n) is 9.45. The monoisotopic (exact) mass is 362 g/mol. The molecule has 26 heavy (non-hydrogen) atoms. The van der Waals surface area contributed by atoms with Crippen LogP contribution in [-0.4, -0.2) is 58.8 Å². The number of rotatable bonds is 7. The van der Waals surface area contributed by atoms with Crippen LogP contribution in [0.15, 0.2) is 23.2 Å². The van der Waals surface area contributed by atoms with Gasteiger partial charge >= 0.3 is 0 Å². The van der Waals surface area contributed by atoms with Crippen LogP contribution in [-0.2, 0) is 0 Å². The van der Waals surface area contributed by atoms with Crippen LogP contribution in [0.25, 0.3) is 0 Å². The van der Waals surface area contributed by atoms with Crippen LogP contribution < -0.4 is 20.1 Å². The van der Waals surface area contributed by atoms with Crippen molar-refractivity contribution in [1.29, 1.82) is 0 Å². The number of aliphatic imine (C=N–C) groups is 1. The third-order valence-corrected chi connectivity index (χ3v) is 5.21. The number of nitrogens with one attached hydrogen (secondary N) is 2. The number of guanidine groups is 1. The van der Waals surface area contributed by atoms with Gasteiger partial charge < -0.3 is 25.0 Å². The molecule has 6 heteroatoms. The Hall–Kier alpha value is -1.95. The van der Waals surface area contributed by atoms with E-state index in [4.69, 9.17) is 9.47 Å². The summed E-state index contributed by atoms with van der Waals surface area (Å²) in [5, 5.41) is 6.82. The molecular weight excluding hydrogens is 328 g/mol. The molecule has 0 amide bonds. The van der Waals surface area contributed by atoms with Gasteiger partial charge in [0.05, 0.1) is 14.2 Å². The SMILES string of the molecule is CN=C(NCC(C1CCCCC1)N(C)C)Nc1ccc(OC)c(OC)c1. The molecule has 0 aromatic heterocycles. The van der Waals surface area contributed by atoms with Crippen LogP contribution in [0.1, 0.15) is 32.1 Å². The first kappa shape index (κ1) is 20.4. The van der Waals surface area contributed by atoms with Crippen LogP contribution >= 0.6 is 0 Å². The standard InChI is InChI=1S/C20H34N4O2/c1-21-20(23-16-11-12-18(25-4)19(13-16)26-5)22-14-17(24(2)3)15-9-7-6-8-10-15/h11-13,15,17H,6-10,14H2,1-5H3,(H2,21,22,23). The largest absolute Gasteiger partial charge is 0.493 e. The van der Waals surface area contributed by atoms with E-state index in [0.717, 1.165) is 24.1 Å². The predicted molar refractivity (Wildman–Crippen MR) is 109 cm³/mol. The topological polar surface area (TPSA) is 58.1 Å². The highest BCUT2D eigenvalue weighted by molar-refractivity contribution is 5.93. The summed E-state index contributed by atoms with van der Waals surface area (Å²) in [7, 11) is 9.41. The second-order valence-electron chi connectivity index (χ2n) is 7.08. The quantitative estimate of drug-likeness (QED) is 0.576. The van der Waals surface area contributed by atoms with Crippen molar-refractivity contribution in [1.82, 2.24) is 10.2 Å². The average Bonchev–Trinajstić information content (AvgIpc) is 2.67. The van der Waals surface area contributed by atoms with Crippen molar-refractivity contribution in [2.24, 2.45) is 10.9 Å². The first-order valence-corrected chi connectivity index (χ1v) is 9.45. The van der Waals surface area contributed by atoms with Crippen LogP contribution in [0.2, 0.25) is 0 Å². The summed E-state index contributed by atoms with van der Waals surface area (Å²) in [5.41, 5.74) is 0.912. The van der Waals surface area contributed by atoms with Gasteiger partial charge in [0, 0.05) is 31.4 Å². The number of anilines is 1. The lowest BCUT2D eigenvalue weighted by molar-refractivity contribution is 0.171. The summed E-state index contributed by atoms with van der Waals surface area (Å²) >= 11 is 0. The third kappa shape index (κ3) is 5.53. The van der Waals surface area contributed by atoms with Crippen LogP contribution in [0.4, 0.5) is 5.69 Å². The zero-order valence-corrected chi connectivity index (χ0v) is 16.8. The molecule has 2 rings (SSSR count). The molecule has 1 aromatic rings. The molecule has 1 aliphatic carbocycles. The number of hydrogen-bond acceptors (Lipinski definition) is 4. The molecule has 1 fully saturated rings. The Morgan fingerprint density at radius 3 is 2.42 bits per heavy atom. The predicted octanol–water partition coefficient (Wildman–Crippen LogP) is 3.20. The molecule has 1 aromatic carbocycles. The number of likely N-dealkylation sites (N-methyl/N-ethyl adjacent to an activating group) is 1. The van der Waals surface area contributed by atoms with Gasteiger partial charge in [0.15, 0.2) is 17.5 Å². The van der Waals surface area contributed by atoms with Crippen LogP contribution in [0, 0.1) is 5.92 Å². The molecule has 146 valence electrons. The Labute approximate surface area is 158 Å². The maximum atomic E-state index is 5.37. The number of ether oxygens (including phenoxy) is 2. The van der Waals surface area contributed by atoms with E-state index < -0.39 is 0 Å². The Kier molecular flexibility index (Phi) is 8.04. The summed E-state index contributed by atoms with van der Waals surface area (Å²) in [6, 6.07) is 6.27. The van der Waals surface area contributed by atoms with Crippen molar-refractivity contribution in [3.63, 3.8) is 0 Å². The lowest BCUT2D eigenvalue weighted by Gasteiger charge is -2.35. The van der Waals surface area contributed by atoms with Gasteiger partial charge in [0.25, 0.3) is 0 Å². The second kappa shape index (κ2) is 10.3. The number of hydrogen-bond donors (Lipinski definition) is 2. The van der Waals surface area contributed by atoms with E-state index in [1.165, 1.54) is 32.1 Å². The molecule has 0 saturated heterocycles. The highest BCUT2D eigenvalue weighted by Crippen LogP contribution is 2.30. The molecule has 1 aliphatic rings. The van der Waals surface area contributed by atoms with Crippen LogP contribution in [0.5, 0.6) is 11.5 Å². The van der Waals surface area contributed by atoms with Gasteiger partial charge in [-0.25, -0.2) is 0 Å². The van der Waals surface area contributed by atoms with E-state index in [9.17, 15) is 0 Å². The second-order valence-corrected chi connectivity index (χ2v) is 7.08. The van der Waals surface area contributed by atoms with Gasteiger partial charge in [0.1, 0.15) is 0 Å². The molecule has 2 N–H and O–H groups in total. The van der Waals surface area contributed by atoms with E-state index in [2.05, 4.69) is 34.6 Å². The first-order chi connectivity index (χ1) is 12.6. The van der Waals surface area contributed by atoms with Crippen molar-refractivity contribution in [3.05, 3.63) is 18.2 Å². The number of nitrogens with zero attached hydrogens (tertiary/aromatic N) is 2. The smallest absolute Gasteiger partial charge is 0.195 e. The maximum absolute atomic E-state index is 5.37. The van der Waals surface area contributed by atoms with Gasteiger partial charge in [-0.05, 0) is 45.0 Å². The average molecular weight is 363 g/mol. The van der Waals surface area contributed by atoms with Gasteiger partial charge in [-0.2, -0.15) is 0 Å². The summed E-state index contributed by atoms with van der Waals surface area (Å²) in [5.74, 6) is 2.93. The normalized spacial score (nSPS) is 17.1. The van der Waals surface area contributed by atoms with Crippen molar-refractivity contribution in [3.8, 4) is 11.5 Å². The molecule has 0 heterocycles. The Morgan fingerprint density at radius 2 is 1.85 bits per heavy atom. The Balaban J connectivity index is 1.98. The van der Waals surface area contributed by atoms with Gasteiger partial charge in [-0.3, -0.25) is 4.99 Å². The van der Waals surface area contributed by atoms with E-state index >= 15 is 0 Å². The lowest BCUT2D eigenvalue weighted by atomic mass is 9.83. The minimum atomic E-state index is 0.513. The van der Waals surface area contributed by atoms with Crippen molar-refractivity contribution < 1.29 is 9.47 Å². The van der Waals surface area contributed by atoms with E-state index in [1.807, 2.05) is 18.2 Å². The number of methoxy groups -OCH3 is 2. The van der Waals surface area contributed by atoms with Gasteiger partial charge in [-0.15, -0.1) is 0 Å². The summed E-state index contributed by atoms with van der Waals surface area (Å²) in [6.07, 6.45) is 6.74. The fourth-order valence-corrected chi connectivity index (χ4v) is 3.72. The molecule has 1 saturated carbocycles. The van der Waals surface area contributed by atoms with Crippen LogP contribution in [0.3, 0.4) is 0 Å². The van der Waals surface area contributed by atoms with Crippen molar-refractivity contribution >= 4 is 11.6 Å². The fourth-order valence-electron chi connectivity index (χ4n) is 3.72. The molecule has 0 radical (unpaired) electrons. The molecule has 6 nitrogen and oxygen atoms in total. The highest BCUT2D eigenvalue weighted by atomic mass is 16.5. The fraction of sp³-hybridized carbons (Fsp3) is 0.650.